The third kappa shape index (κ3) is 3.28. The molecule has 106 valence electrons. The van der Waals surface area contributed by atoms with Crippen LogP contribution in [0.15, 0.2) is 18.3 Å². The van der Waals surface area contributed by atoms with E-state index in [1.54, 1.807) is 35.0 Å². The Labute approximate surface area is 109 Å². The van der Waals surface area contributed by atoms with E-state index in [1.807, 2.05) is 0 Å². The molecule has 2 heterocycles. The SMILES string of the molecule is Cn1cccc1C(=O)NN1CCC(C(F)(F)F)CC1. The van der Waals surface area contributed by atoms with Crippen molar-refractivity contribution >= 4 is 5.91 Å². The van der Waals surface area contributed by atoms with Crippen molar-refractivity contribution in [2.24, 2.45) is 13.0 Å². The van der Waals surface area contributed by atoms with Crippen LogP contribution < -0.4 is 5.43 Å². The Kier molecular flexibility index (Phi) is 3.84. The number of alkyl halides is 3. The molecule has 1 N–H and O–H groups in total. The molecule has 7 heteroatoms. The molecule has 1 amide bonds. The number of carbonyl (C=O) groups excluding carboxylic acids is 1. The normalized spacial score (nSPS) is 18.5. The number of rotatable bonds is 2. The average Bonchev–Trinajstić information content (AvgIpc) is 2.75. The average molecular weight is 275 g/mol. The lowest BCUT2D eigenvalue weighted by atomic mass is 9.97. The highest BCUT2D eigenvalue weighted by molar-refractivity contribution is 5.92. The fourth-order valence-corrected chi connectivity index (χ4v) is 2.22. The molecule has 1 aliphatic rings. The predicted molar refractivity (Wildman–Crippen MR) is 63.2 cm³/mol. The van der Waals surface area contributed by atoms with Crippen molar-refractivity contribution in [3.63, 3.8) is 0 Å². The molecule has 0 radical (unpaired) electrons. The van der Waals surface area contributed by atoms with Gasteiger partial charge in [-0.1, -0.05) is 0 Å². The zero-order chi connectivity index (χ0) is 14.0. The molecule has 1 aromatic rings. The Bertz CT molecular complexity index is 447. The predicted octanol–water partition coefficient (Wildman–Crippen LogP) is 1.94. The summed E-state index contributed by atoms with van der Waals surface area (Å²) in [6.45, 7) is 0.445. The van der Waals surface area contributed by atoms with Crippen molar-refractivity contribution < 1.29 is 18.0 Å². The van der Waals surface area contributed by atoms with Crippen LogP contribution in [-0.4, -0.2) is 34.7 Å². The van der Waals surface area contributed by atoms with Crippen LogP contribution in [0.3, 0.4) is 0 Å². The lowest BCUT2D eigenvalue weighted by Gasteiger charge is -2.32. The maximum absolute atomic E-state index is 12.5. The molecule has 1 aliphatic heterocycles. The third-order valence-electron chi connectivity index (χ3n) is 3.39. The van der Waals surface area contributed by atoms with Crippen LogP contribution in [-0.2, 0) is 7.05 Å². The fraction of sp³-hybridized carbons (Fsp3) is 0.583. The lowest BCUT2D eigenvalue weighted by molar-refractivity contribution is -0.186. The van der Waals surface area contributed by atoms with E-state index in [2.05, 4.69) is 5.43 Å². The molecule has 0 unspecified atom stereocenters. The van der Waals surface area contributed by atoms with Crippen LogP contribution in [0.2, 0.25) is 0 Å². The number of amides is 1. The van der Waals surface area contributed by atoms with Gasteiger partial charge in [0.25, 0.3) is 5.91 Å². The van der Waals surface area contributed by atoms with E-state index in [0.29, 0.717) is 5.69 Å². The second kappa shape index (κ2) is 5.24. The minimum atomic E-state index is -4.13. The monoisotopic (exact) mass is 275 g/mol. The van der Waals surface area contributed by atoms with Gasteiger partial charge in [-0.25, -0.2) is 5.01 Å². The van der Waals surface area contributed by atoms with Crippen LogP contribution in [0.1, 0.15) is 23.3 Å². The molecule has 0 saturated carbocycles. The van der Waals surface area contributed by atoms with Gasteiger partial charge in [0.1, 0.15) is 5.69 Å². The van der Waals surface area contributed by atoms with E-state index in [9.17, 15) is 18.0 Å². The second-order valence-corrected chi connectivity index (χ2v) is 4.75. The van der Waals surface area contributed by atoms with Gasteiger partial charge in [0.05, 0.1) is 5.92 Å². The Morgan fingerprint density at radius 3 is 2.47 bits per heavy atom. The van der Waals surface area contributed by atoms with E-state index in [-0.39, 0.29) is 31.8 Å². The second-order valence-electron chi connectivity index (χ2n) is 4.75. The Morgan fingerprint density at radius 1 is 1.37 bits per heavy atom. The number of aryl methyl sites for hydroxylation is 1. The minimum absolute atomic E-state index is 0.0247. The highest BCUT2D eigenvalue weighted by Gasteiger charge is 2.41. The van der Waals surface area contributed by atoms with Crippen molar-refractivity contribution in [1.29, 1.82) is 0 Å². The zero-order valence-corrected chi connectivity index (χ0v) is 10.6. The van der Waals surface area contributed by atoms with Crippen molar-refractivity contribution in [1.82, 2.24) is 15.0 Å². The molecule has 2 rings (SSSR count). The number of hydrogen-bond acceptors (Lipinski definition) is 2. The van der Waals surface area contributed by atoms with Crippen LogP contribution in [0.25, 0.3) is 0 Å². The maximum atomic E-state index is 12.5. The largest absolute Gasteiger partial charge is 0.391 e. The summed E-state index contributed by atoms with van der Waals surface area (Å²) < 4.78 is 39.2. The van der Waals surface area contributed by atoms with Crippen molar-refractivity contribution in [2.75, 3.05) is 13.1 Å². The van der Waals surface area contributed by atoms with Crippen molar-refractivity contribution in [2.45, 2.75) is 19.0 Å². The molecule has 0 bridgehead atoms. The highest BCUT2D eigenvalue weighted by atomic mass is 19.4. The molecule has 0 aliphatic carbocycles. The maximum Gasteiger partial charge on any atom is 0.391 e. The number of halogens is 3. The molecular weight excluding hydrogens is 259 g/mol. The first-order valence-corrected chi connectivity index (χ1v) is 6.12. The lowest BCUT2D eigenvalue weighted by Crippen LogP contribution is -2.48. The molecule has 1 fully saturated rings. The van der Waals surface area contributed by atoms with E-state index in [1.165, 1.54) is 0 Å². The summed E-state index contributed by atoms with van der Waals surface area (Å²) in [6, 6.07) is 3.41. The summed E-state index contributed by atoms with van der Waals surface area (Å²) in [5.41, 5.74) is 3.12. The quantitative estimate of drug-likeness (QED) is 0.895. The summed E-state index contributed by atoms with van der Waals surface area (Å²) in [6.07, 6.45) is -2.34. The van der Waals surface area contributed by atoms with Gasteiger partial charge in [0, 0.05) is 26.3 Å². The molecule has 19 heavy (non-hydrogen) atoms. The van der Waals surface area contributed by atoms with Gasteiger partial charge in [0.2, 0.25) is 0 Å². The van der Waals surface area contributed by atoms with E-state index < -0.39 is 12.1 Å². The molecule has 4 nitrogen and oxygen atoms in total. The smallest absolute Gasteiger partial charge is 0.347 e. The number of hydrogen-bond donors (Lipinski definition) is 1. The molecule has 0 atom stereocenters. The summed E-state index contributed by atoms with van der Waals surface area (Å²) in [7, 11) is 1.74. The number of nitrogens with zero attached hydrogens (tertiary/aromatic N) is 2. The van der Waals surface area contributed by atoms with Gasteiger partial charge in [-0.3, -0.25) is 10.2 Å². The molecule has 0 aromatic carbocycles. The molecule has 0 spiro atoms. The van der Waals surface area contributed by atoms with Gasteiger partial charge >= 0.3 is 6.18 Å². The molecule has 1 aromatic heterocycles. The first-order chi connectivity index (χ1) is 8.88. The van der Waals surface area contributed by atoms with Crippen LogP contribution in [0.5, 0.6) is 0 Å². The zero-order valence-electron chi connectivity index (χ0n) is 10.6. The van der Waals surface area contributed by atoms with Crippen LogP contribution in [0.4, 0.5) is 13.2 Å². The fourth-order valence-electron chi connectivity index (χ4n) is 2.22. The summed E-state index contributed by atoms with van der Waals surface area (Å²) in [5.74, 6) is -1.55. The first-order valence-electron chi connectivity index (χ1n) is 6.12. The third-order valence-corrected chi connectivity index (χ3v) is 3.39. The standard InChI is InChI=1S/C12H16F3N3O/c1-17-6-2-3-10(17)11(19)16-18-7-4-9(5-8-18)12(13,14)15/h2-3,6,9H,4-5,7-8H2,1H3,(H,16,19). The Hall–Kier alpha value is -1.50. The molecular formula is C12H16F3N3O. The number of carbonyl (C=O) groups is 1. The topological polar surface area (TPSA) is 37.3 Å². The number of hydrazine groups is 1. The van der Waals surface area contributed by atoms with Gasteiger partial charge in [-0.05, 0) is 25.0 Å². The minimum Gasteiger partial charge on any atom is -0.347 e. The number of aromatic nitrogens is 1. The number of nitrogens with one attached hydrogen (secondary N) is 1. The Morgan fingerprint density at radius 2 is 2.00 bits per heavy atom. The summed E-state index contributed by atoms with van der Waals surface area (Å²) in [4.78, 5) is 11.9. The highest BCUT2D eigenvalue weighted by Crippen LogP contribution is 2.33. The van der Waals surface area contributed by atoms with Gasteiger partial charge in [0.15, 0.2) is 0 Å². The van der Waals surface area contributed by atoms with Gasteiger partial charge in [-0.15, -0.1) is 0 Å². The van der Waals surface area contributed by atoms with Gasteiger partial charge < -0.3 is 4.57 Å². The van der Waals surface area contributed by atoms with E-state index in [4.69, 9.17) is 0 Å². The Balaban J connectivity index is 1.86. The van der Waals surface area contributed by atoms with Crippen molar-refractivity contribution in [3.05, 3.63) is 24.0 Å². The van der Waals surface area contributed by atoms with Crippen LogP contribution in [0, 0.1) is 5.92 Å². The number of piperidine rings is 1. The van der Waals surface area contributed by atoms with Crippen molar-refractivity contribution in [3.8, 4) is 0 Å². The summed E-state index contributed by atoms with van der Waals surface area (Å²) in [5, 5.41) is 1.55. The van der Waals surface area contributed by atoms with Gasteiger partial charge in [-0.2, -0.15) is 13.2 Å². The first kappa shape index (κ1) is 13.9. The van der Waals surface area contributed by atoms with E-state index in [0.717, 1.165) is 0 Å². The van der Waals surface area contributed by atoms with E-state index >= 15 is 0 Å². The van der Waals surface area contributed by atoms with Crippen LogP contribution >= 0.6 is 0 Å². The molecule has 1 saturated heterocycles. The summed E-state index contributed by atoms with van der Waals surface area (Å²) >= 11 is 0.